The van der Waals surface area contributed by atoms with Crippen LogP contribution in [0.3, 0.4) is 0 Å². The van der Waals surface area contributed by atoms with Gasteiger partial charge in [0.25, 0.3) is 0 Å². The van der Waals surface area contributed by atoms with E-state index >= 15 is 0 Å². The average molecular weight is 358 g/mol. The number of benzene rings is 1. The molecule has 0 aliphatic carbocycles. The van der Waals surface area contributed by atoms with Crippen LogP contribution < -0.4 is 10.6 Å². The third-order valence-corrected chi connectivity index (χ3v) is 4.91. The van der Waals surface area contributed by atoms with Gasteiger partial charge in [0.1, 0.15) is 0 Å². The molecule has 0 unspecified atom stereocenters. The first-order chi connectivity index (χ1) is 12.0. The molecule has 1 aromatic heterocycles. The summed E-state index contributed by atoms with van der Waals surface area (Å²) in [5.41, 5.74) is 1.76. The summed E-state index contributed by atoms with van der Waals surface area (Å²) < 4.78 is 0. The molecular weight excluding hydrogens is 336 g/mol. The van der Waals surface area contributed by atoms with E-state index in [1.807, 2.05) is 44.2 Å². The number of urea groups is 1. The van der Waals surface area contributed by atoms with Crippen molar-refractivity contribution in [2.45, 2.75) is 32.9 Å². The average Bonchev–Trinajstić information content (AvgIpc) is 2.96. The second-order valence-electron chi connectivity index (χ2n) is 6.39. The lowest BCUT2D eigenvalue weighted by Crippen LogP contribution is -2.34. The molecule has 0 spiro atoms. The fourth-order valence-electron chi connectivity index (χ4n) is 2.75. The third kappa shape index (κ3) is 4.64. The molecule has 2 heterocycles. The quantitative estimate of drug-likeness (QED) is 0.806. The minimum Gasteiger partial charge on any atom is -0.336 e. The van der Waals surface area contributed by atoms with E-state index in [4.69, 9.17) is 0 Å². The van der Waals surface area contributed by atoms with Crippen LogP contribution in [-0.2, 0) is 13.0 Å². The van der Waals surface area contributed by atoms with Gasteiger partial charge in [-0.1, -0.05) is 30.3 Å². The van der Waals surface area contributed by atoms with Crippen LogP contribution in [-0.4, -0.2) is 40.8 Å². The third-order valence-electron chi connectivity index (χ3n) is 3.91. The number of nitrogens with one attached hydrogen (secondary N) is 2. The van der Waals surface area contributed by atoms with Crippen molar-refractivity contribution in [2.75, 3.05) is 18.4 Å². The van der Waals surface area contributed by atoms with Crippen molar-refractivity contribution in [1.29, 1.82) is 0 Å². The maximum Gasteiger partial charge on any atom is 0.321 e. The van der Waals surface area contributed by atoms with Crippen molar-refractivity contribution in [3.63, 3.8) is 0 Å². The van der Waals surface area contributed by atoms with Gasteiger partial charge in [0.15, 0.2) is 10.9 Å². The zero-order valence-electron chi connectivity index (χ0n) is 14.4. The summed E-state index contributed by atoms with van der Waals surface area (Å²) in [4.78, 5) is 31.9. The Hall–Kier alpha value is -2.25. The van der Waals surface area contributed by atoms with Gasteiger partial charge >= 0.3 is 6.03 Å². The number of carbonyl (C=O) groups excluding carboxylic acids is 2. The van der Waals surface area contributed by atoms with Crippen LogP contribution in [0.5, 0.6) is 0 Å². The monoisotopic (exact) mass is 358 g/mol. The van der Waals surface area contributed by atoms with Crippen molar-refractivity contribution in [3.8, 4) is 0 Å². The van der Waals surface area contributed by atoms with Gasteiger partial charge < -0.3 is 5.32 Å². The maximum absolute atomic E-state index is 12.4. The minimum absolute atomic E-state index is 0.0778. The smallest absolute Gasteiger partial charge is 0.321 e. The lowest BCUT2D eigenvalue weighted by molar-refractivity contribution is 0.0922. The molecule has 0 radical (unpaired) electrons. The standard InChI is InChI=1S/C18H22N4O2S/c1-12(2)19-17(24)21-18-20-14-8-9-22(11-16(14)25-18)10-15(23)13-6-4-3-5-7-13/h3-7,12H,8-11H2,1-2H3,(H2,19,20,21,24). The van der Waals surface area contributed by atoms with Gasteiger partial charge in [-0.15, -0.1) is 11.3 Å². The molecule has 0 fully saturated rings. The Kier molecular flexibility index (Phi) is 5.45. The molecule has 1 aliphatic rings. The molecule has 25 heavy (non-hydrogen) atoms. The van der Waals surface area contributed by atoms with Gasteiger partial charge in [0.05, 0.1) is 12.2 Å². The number of fused-ring (bicyclic) bond motifs is 1. The number of amides is 2. The van der Waals surface area contributed by atoms with E-state index in [1.165, 1.54) is 11.3 Å². The Balaban J connectivity index is 1.60. The molecule has 0 saturated heterocycles. The highest BCUT2D eigenvalue weighted by atomic mass is 32.1. The number of hydrogen-bond acceptors (Lipinski definition) is 5. The Morgan fingerprint density at radius 2 is 2.04 bits per heavy atom. The Labute approximate surface area is 151 Å². The lowest BCUT2D eigenvalue weighted by atomic mass is 10.1. The summed E-state index contributed by atoms with van der Waals surface area (Å²) in [7, 11) is 0. The summed E-state index contributed by atoms with van der Waals surface area (Å²) in [6.07, 6.45) is 0.793. The number of Topliss-reactive ketones (excluding diaryl/α,β-unsaturated/α-hetero) is 1. The van der Waals surface area contributed by atoms with Gasteiger partial charge in [-0.05, 0) is 13.8 Å². The van der Waals surface area contributed by atoms with Gasteiger partial charge in [0, 0.05) is 36.0 Å². The van der Waals surface area contributed by atoms with Crippen molar-refractivity contribution in [2.24, 2.45) is 0 Å². The summed E-state index contributed by atoms with van der Waals surface area (Å²) in [5.74, 6) is 0.128. The molecule has 2 N–H and O–H groups in total. The van der Waals surface area contributed by atoms with E-state index in [0.29, 0.717) is 18.2 Å². The summed E-state index contributed by atoms with van der Waals surface area (Å²) in [5, 5.41) is 6.18. The first kappa shape index (κ1) is 17.6. The van der Waals surface area contributed by atoms with E-state index in [9.17, 15) is 9.59 Å². The highest BCUT2D eigenvalue weighted by Crippen LogP contribution is 2.28. The summed E-state index contributed by atoms with van der Waals surface area (Å²) in [6.45, 7) is 5.71. The number of ketones is 1. The second-order valence-corrected chi connectivity index (χ2v) is 7.48. The molecule has 2 aromatic rings. The number of thiazole rings is 1. The number of nitrogens with zero attached hydrogens (tertiary/aromatic N) is 2. The first-order valence-electron chi connectivity index (χ1n) is 8.38. The molecule has 0 bridgehead atoms. The minimum atomic E-state index is -0.239. The highest BCUT2D eigenvalue weighted by Gasteiger charge is 2.23. The molecule has 6 nitrogen and oxygen atoms in total. The van der Waals surface area contributed by atoms with Gasteiger partial charge in [-0.3, -0.25) is 15.0 Å². The highest BCUT2D eigenvalue weighted by molar-refractivity contribution is 7.15. The predicted octanol–water partition coefficient (Wildman–Crippen LogP) is 2.91. The molecule has 0 atom stereocenters. The predicted molar refractivity (Wildman–Crippen MR) is 99.2 cm³/mol. The van der Waals surface area contributed by atoms with E-state index < -0.39 is 0 Å². The largest absolute Gasteiger partial charge is 0.336 e. The van der Waals surface area contributed by atoms with Crippen LogP contribution >= 0.6 is 11.3 Å². The maximum atomic E-state index is 12.4. The van der Waals surface area contributed by atoms with E-state index in [-0.39, 0.29) is 17.9 Å². The summed E-state index contributed by atoms with van der Waals surface area (Å²) >= 11 is 1.48. The zero-order chi connectivity index (χ0) is 17.8. The molecule has 3 rings (SSSR count). The molecule has 1 aliphatic heterocycles. The van der Waals surface area contributed by atoms with Crippen LogP contribution in [0.25, 0.3) is 0 Å². The zero-order valence-corrected chi connectivity index (χ0v) is 15.2. The first-order valence-corrected chi connectivity index (χ1v) is 9.19. The van der Waals surface area contributed by atoms with E-state index in [0.717, 1.165) is 29.1 Å². The lowest BCUT2D eigenvalue weighted by Gasteiger charge is -2.24. The Morgan fingerprint density at radius 1 is 1.28 bits per heavy atom. The molecule has 7 heteroatoms. The Bertz CT molecular complexity index is 758. The number of carbonyl (C=O) groups is 2. The topological polar surface area (TPSA) is 74.3 Å². The molecule has 132 valence electrons. The molecule has 0 saturated carbocycles. The van der Waals surface area contributed by atoms with Crippen molar-refractivity contribution in [3.05, 3.63) is 46.5 Å². The van der Waals surface area contributed by atoms with E-state index in [1.54, 1.807) is 0 Å². The van der Waals surface area contributed by atoms with Crippen LogP contribution in [0, 0.1) is 0 Å². The van der Waals surface area contributed by atoms with Gasteiger partial charge in [0.2, 0.25) is 0 Å². The van der Waals surface area contributed by atoms with Crippen LogP contribution in [0.4, 0.5) is 9.93 Å². The summed E-state index contributed by atoms with van der Waals surface area (Å²) in [6, 6.07) is 9.20. The van der Waals surface area contributed by atoms with Gasteiger partial charge in [-0.2, -0.15) is 0 Å². The number of rotatable bonds is 5. The van der Waals surface area contributed by atoms with Crippen LogP contribution in [0.2, 0.25) is 0 Å². The fourth-order valence-corrected chi connectivity index (χ4v) is 3.80. The van der Waals surface area contributed by atoms with E-state index in [2.05, 4.69) is 20.5 Å². The van der Waals surface area contributed by atoms with Crippen molar-refractivity contribution < 1.29 is 9.59 Å². The fraction of sp³-hybridized carbons (Fsp3) is 0.389. The van der Waals surface area contributed by atoms with Gasteiger partial charge in [-0.25, -0.2) is 9.78 Å². The van der Waals surface area contributed by atoms with Crippen LogP contribution in [0.1, 0.15) is 34.8 Å². The molecule has 2 amide bonds. The van der Waals surface area contributed by atoms with Crippen molar-refractivity contribution >= 4 is 28.3 Å². The van der Waals surface area contributed by atoms with Crippen molar-refractivity contribution in [1.82, 2.24) is 15.2 Å². The molecule has 1 aromatic carbocycles. The normalized spacial score (nSPS) is 14.2. The number of anilines is 1. The number of hydrogen-bond donors (Lipinski definition) is 2. The SMILES string of the molecule is CC(C)NC(=O)Nc1nc2c(s1)CN(CC(=O)c1ccccc1)CC2. The Morgan fingerprint density at radius 3 is 2.76 bits per heavy atom. The van der Waals surface area contributed by atoms with Crippen LogP contribution in [0.15, 0.2) is 30.3 Å². The second kappa shape index (κ2) is 7.76. The number of aromatic nitrogens is 1. The molecular formula is C18H22N4O2S.